The van der Waals surface area contributed by atoms with E-state index in [1.165, 1.54) is 0 Å². The van der Waals surface area contributed by atoms with Crippen molar-refractivity contribution in [1.29, 1.82) is 0 Å². The van der Waals surface area contributed by atoms with Crippen molar-refractivity contribution in [1.82, 2.24) is 9.55 Å². The molecule has 0 aliphatic heterocycles. The quantitative estimate of drug-likeness (QED) is 0.790. The molecule has 1 aromatic carbocycles. The van der Waals surface area contributed by atoms with Crippen LogP contribution >= 0.6 is 0 Å². The number of benzene rings is 1. The number of rotatable bonds is 4. The Morgan fingerprint density at radius 2 is 1.70 bits per heavy atom. The standard InChI is InChI=1S/C19H19FN2O/c1-13-3-4-14(2)22(13)17-5-6-18(16(11-17)12-20)19(23)15-7-9-21-10-8-15/h3-11,19,23H,12H2,1-2H3. The molecule has 2 heterocycles. The van der Waals surface area contributed by atoms with Gasteiger partial charge in [-0.05, 0) is 66.9 Å². The zero-order chi connectivity index (χ0) is 16.4. The van der Waals surface area contributed by atoms with E-state index in [1.54, 1.807) is 36.7 Å². The molecule has 2 aromatic heterocycles. The fourth-order valence-electron chi connectivity index (χ4n) is 2.91. The zero-order valence-corrected chi connectivity index (χ0v) is 13.2. The third-order valence-electron chi connectivity index (χ3n) is 4.12. The summed E-state index contributed by atoms with van der Waals surface area (Å²) in [4.78, 5) is 3.94. The summed E-state index contributed by atoms with van der Waals surface area (Å²) in [7, 11) is 0. The monoisotopic (exact) mass is 310 g/mol. The van der Waals surface area contributed by atoms with Gasteiger partial charge in [-0.25, -0.2) is 4.39 Å². The lowest BCUT2D eigenvalue weighted by atomic mass is 9.97. The zero-order valence-electron chi connectivity index (χ0n) is 13.2. The smallest absolute Gasteiger partial charge is 0.115 e. The Balaban J connectivity index is 2.04. The molecule has 0 fully saturated rings. The molecule has 3 rings (SSSR count). The van der Waals surface area contributed by atoms with Crippen LogP contribution < -0.4 is 0 Å². The Hall–Kier alpha value is -2.46. The van der Waals surface area contributed by atoms with Gasteiger partial charge >= 0.3 is 0 Å². The second-order valence-corrected chi connectivity index (χ2v) is 5.65. The van der Waals surface area contributed by atoms with E-state index < -0.39 is 12.8 Å². The molecule has 0 saturated heterocycles. The summed E-state index contributed by atoms with van der Waals surface area (Å²) in [6.07, 6.45) is 2.38. The van der Waals surface area contributed by atoms with Gasteiger partial charge in [-0.1, -0.05) is 6.07 Å². The minimum absolute atomic E-state index is 0.499. The van der Waals surface area contributed by atoms with Crippen LogP contribution in [-0.2, 0) is 6.67 Å². The molecule has 0 aliphatic rings. The van der Waals surface area contributed by atoms with Gasteiger partial charge in [-0.3, -0.25) is 4.98 Å². The lowest BCUT2D eigenvalue weighted by Crippen LogP contribution is -2.06. The van der Waals surface area contributed by atoms with Crippen molar-refractivity contribution in [2.45, 2.75) is 26.6 Å². The summed E-state index contributed by atoms with van der Waals surface area (Å²) in [5, 5.41) is 10.5. The van der Waals surface area contributed by atoms with Gasteiger partial charge in [0.1, 0.15) is 12.8 Å². The number of nitrogens with zero attached hydrogens (tertiary/aromatic N) is 2. The average Bonchev–Trinajstić information content (AvgIpc) is 2.93. The van der Waals surface area contributed by atoms with E-state index in [-0.39, 0.29) is 0 Å². The van der Waals surface area contributed by atoms with E-state index in [4.69, 9.17) is 0 Å². The van der Waals surface area contributed by atoms with Crippen LogP contribution in [0.1, 0.15) is 34.2 Å². The molecular formula is C19H19FN2O. The Morgan fingerprint density at radius 3 is 2.30 bits per heavy atom. The number of hydrogen-bond acceptors (Lipinski definition) is 2. The van der Waals surface area contributed by atoms with E-state index in [1.807, 2.05) is 32.0 Å². The summed E-state index contributed by atoms with van der Waals surface area (Å²) in [6, 6.07) is 13.1. The maximum absolute atomic E-state index is 13.6. The molecule has 3 nitrogen and oxygen atoms in total. The van der Waals surface area contributed by atoms with Crippen LogP contribution in [0.5, 0.6) is 0 Å². The first kappa shape index (κ1) is 15.4. The fourth-order valence-corrected chi connectivity index (χ4v) is 2.91. The van der Waals surface area contributed by atoms with Gasteiger partial charge in [0.05, 0.1) is 0 Å². The van der Waals surface area contributed by atoms with E-state index in [0.29, 0.717) is 16.7 Å². The summed E-state index contributed by atoms with van der Waals surface area (Å²) in [5.74, 6) is 0. The highest BCUT2D eigenvalue weighted by Crippen LogP contribution is 2.28. The lowest BCUT2D eigenvalue weighted by Gasteiger charge is -2.17. The van der Waals surface area contributed by atoms with Gasteiger partial charge in [0.15, 0.2) is 0 Å². The van der Waals surface area contributed by atoms with Crippen LogP contribution in [0, 0.1) is 13.8 Å². The van der Waals surface area contributed by atoms with Gasteiger partial charge in [-0.15, -0.1) is 0 Å². The largest absolute Gasteiger partial charge is 0.384 e. The highest BCUT2D eigenvalue weighted by atomic mass is 19.1. The molecule has 0 bridgehead atoms. The van der Waals surface area contributed by atoms with Gasteiger partial charge in [0.2, 0.25) is 0 Å². The first-order valence-electron chi connectivity index (χ1n) is 7.54. The third kappa shape index (κ3) is 2.90. The molecule has 4 heteroatoms. The molecule has 0 saturated carbocycles. The highest BCUT2D eigenvalue weighted by molar-refractivity contribution is 5.46. The molecule has 0 spiro atoms. The van der Waals surface area contributed by atoms with Crippen LogP contribution in [0.25, 0.3) is 5.69 Å². The van der Waals surface area contributed by atoms with Gasteiger partial charge in [0.25, 0.3) is 0 Å². The van der Waals surface area contributed by atoms with Crippen LogP contribution in [0.2, 0.25) is 0 Å². The van der Waals surface area contributed by atoms with Crippen LogP contribution in [0.15, 0.2) is 54.9 Å². The number of halogens is 1. The molecule has 23 heavy (non-hydrogen) atoms. The van der Waals surface area contributed by atoms with Crippen molar-refractivity contribution in [3.8, 4) is 5.69 Å². The second-order valence-electron chi connectivity index (χ2n) is 5.65. The number of aliphatic hydroxyl groups excluding tert-OH is 1. The van der Waals surface area contributed by atoms with Crippen molar-refractivity contribution in [2.24, 2.45) is 0 Å². The van der Waals surface area contributed by atoms with Crippen molar-refractivity contribution >= 4 is 0 Å². The van der Waals surface area contributed by atoms with Crippen molar-refractivity contribution < 1.29 is 9.50 Å². The maximum atomic E-state index is 13.6. The fraction of sp³-hybridized carbons (Fsp3) is 0.211. The van der Waals surface area contributed by atoms with Crippen LogP contribution in [0.4, 0.5) is 4.39 Å². The van der Waals surface area contributed by atoms with Crippen molar-refractivity contribution in [3.05, 3.63) is 82.9 Å². The summed E-state index contributed by atoms with van der Waals surface area (Å²) < 4.78 is 15.6. The average molecular weight is 310 g/mol. The number of alkyl halides is 1. The number of pyridine rings is 1. The Bertz CT molecular complexity index is 792. The van der Waals surface area contributed by atoms with E-state index in [9.17, 15) is 9.50 Å². The maximum Gasteiger partial charge on any atom is 0.115 e. The Morgan fingerprint density at radius 1 is 1.04 bits per heavy atom. The summed E-state index contributed by atoms with van der Waals surface area (Å²) >= 11 is 0. The second kappa shape index (κ2) is 6.34. The minimum Gasteiger partial charge on any atom is -0.384 e. The predicted molar refractivity (Wildman–Crippen MR) is 88.4 cm³/mol. The molecule has 3 aromatic rings. The van der Waals surface area contributed by atoms with Gasteiger partial charge in [-0.2, -0.15) is 0 Å². The molecule has 1 atom stereocenters. The Kier molecular flexibility index (Phi) is 4.26. The van der Waals surface area contributed by atoms with Crippen LogP contribution in [0.3, 0.4) is 0 Å². The molecule has 0 radical (unpaired) electrons. The summed E-state index contributed by atoms with van der Waals surface area (Å²) in [5.41, 5.74) is 4.88. The van der Waals surface area contributed by atoms with Gasteiger partial charge < -0.3 is 9.67 Å². The predicted octanol–water partition coefficient (Wildman–Crippen LogP) is 4.04. The topological polar surface area (TPSA) is 38.0 Å². The number of aryl methyl sites for hydroxylation is 2. The number of aromatic nitrogens is 2. The SMILES string of the molecule is Cc1ccc(C)n1-c1ccc(C(O)c2ccncc2)c(CF)c1. The van der Waals surface area contributed by atoms with Crippen molar-refractivity contribution in [2.75, 3.05) is 0 Å². The van der Waals surface area contributed by atoms with E-state index in [2.05, 4.69) is 9.55 Å². The number of aliphatic hydroxyl groups is 1. The van der Waals surface area contributed by atoms with Crippen molar-refractivity contribution in [3.63, 3.8) is 0 Å². The first-order chi connectivity index (χ1) is 11.1. The van der Waals surface area contributed by atoms with E-state index in [0.717, 1.165) is 17.1 Å². The molecule has 118 valence electrons. The molecule has 0 amide bonds. The highest BCUT2D eigenvalue weighted by Gasteiger charge is 2.16. The lowest BCUT2D eigenvalue weighted by molar-refractivity contribution is 0.218. The first-order valence-corrected chi connectivity index (χ1v) is 7.54. The minimum atomic E-state index is -0.857. The van der Waals surface area contributed by atoms with Crippen LogP contribution in [-0.4, -0.2) is 14.7 Å². The van der Waals surface area contributed by atoms with E-state index >= 15 is 0 Å². The molecule has 0 aliphatic carbocycles. The molecule has 1 unspecified atom stereocenters. The summed E-state index contributed by atoms with van der Waals surface area (Å²) in [6.45, 7) is 3.41. The third-order valence-corrected chi connectivity index (χ3v) is 4.12. The molecule has 1 N–H and O–H groups in total. The van der Waals surface area contributed by atoms with Gasteiger partial charge in [0, 0.05) is 29.5 Å². The number of hydrogen-bond donors (Lipinski definition) is 1. The Labute approximate surface area is 135 Å². The normalized spacial score (nSPS) is 12.3. The molecular weight excluding hydrogens is 291 g/mol.